The van der Waals surface area contributed by atoms with E-state index in [1.54, 1.807) is 7.11 Å². The van der Waals surface area contributed by atoms with Crippen LogP contribution in [0, 0.1) is 0 Å². The van der Waals surface area contributed by atoms with E-state index in [0.717, 1.165) is 17.3 Å². The van der Waals surface area contributed by atoms with Crippen molar-refractivity contribution in [3.63, 3.8) is 0 Å². The van der Waals surface area contributed by atoms with Crippen LogP contribution in [0.3, 0.4) is 0 Å². The number of hydrogen-bond acceptors (Lipinski definition) is 5. The molecule has 1 saturated heterocycles. The monoisotopic (exact) mass is 416 g/mol. The van der Waals surface area contributed by atoms with Gasteiger partial charge in [0.2, 0.25) is 0 Å². The number of benzene rings is 2. The zero-order valence-electron chi connectivity index (χ0n) is 16.5. The Bertz CT molecular complexity index is 745. The van der Waals surface area contributed by atoms with Gasteiger partial charge in [-0.3, -0.25) is 4.79 Å². The number of hydrogen-bond donors (Lipinski definition) is 0. The van der Waals surface area contributed by atoms with Crippen molar-refractivity contribution < 1.29 is 14.3 Å². The van der Waals surface area contributed by atoms with Crippen molar-refractivity contribution in [1.29, 1.82) is 0 Å². The summed E-state index contributed by atoms with van der Waals surface area (Å²) in [4.78, 5) is 12.5. The van der Waals surface area contributed by atoms with Crippen molar-refractivity contribution >= 4 is 29.5 Å². The molecule has 1 heterocycles. The van der Waals surface area contributed by atoms with Crippen LogP contribution in [0.25, 0.3) is 0 Å². The van der Waals surface area contributed by atoms with Gasteiger partial charge in [-0.05, 0) is 24.1 Å². The molecule has 0 bridgehead atoms. The molecular weight excluding hydrogens is 388 g/mol. The molecule has 3 rings (SSSR count). The normalized spacial score (nSPS) is 18.9. The maximum Gasteiger partial charge on any atom is 0.306 e. The molecule has 2 aromatic carbocycles. The molecule has 0 aliphatic carbocycles. The van der Waals surface area contributed by atoms with Gasteiger partial charge >= 0.3 is 5.97 Å². The number of carbonyl (C=O) groups excluding carboxylic acids is 1. The number of methoxy groups -OCH3 is 1. The lowest BCUT2D eigenvalue weighted by Gasteiger charge is -2.36. The first-order chi connectivity index (χ1) is 13.7. The van der Waals surface area contributed by atoms with E-state index < -0.39 is 0 Å². The van der Waals surface area contributed by atoms with Crippen molar-refractivity contribution in [2.45, 2.75) is 30.4 Å². The minimum absolute atomic E-state index is 0.0488. The third kappa shape index (κ3) is 5.26. The highest BCUT2D eigenvalue weighted by Crippen LogP contribution is 2.47. The van der Waals surface area contributed by atoms with Crippen molar-refractivity contribution in [1.82, 2.24) is 0 Å². The molecule has 3 nitrogen and oxygen atoms in total. The summed E-state index contributed by atoms with van der Waals surface area (Å²) in [6.07, 6.45) is 0.377. The number of para-hydroxylation sites is 1. The smallest absolute Gasteiger partial charge is 0.306 e. The first kappa shape index (κ1) is 21.1. The van der Waals surface area contributed by atoms with Gasteiger partial charge in [-0.1, -0.05) is 48.5 Å². The molecule has 5 heteroatoms. The molecule has 0 radical (unpaired) electrons. The lowest BCUT2D eigenvalue weighted by Crippen LogP contribution is -2.29. The van der Waals surface area contributed by atoms with Gasteiger partial charge in [-0.15, -0.1) is 0 Å². The highest BCUT2D eigenvalue weighted by atomic mass is 32.2. The Labute approximate surface area is 176 Å². The fraction of sp³-hybridized carbons (Fsp3) is 0.435. The zero-order valence-corrected chi connectivity index (χ0v) is 18.1. The fourth-order valence-corrected chi connectivity index (χ4v) is 6.87. The second-order valence-corrected chi connectivity index (χ2v) is 9.28. The first-order valence-electron chi connectivity index (χ1n) is 9.77. The molecule has 1 aliphatic rings. The predicted molar refractivity (Wildman–Crippen MR) is 120 cm³/mol. The molecule has 0 amide bonds. The fourth-order valence-electron chi connectivity index (χ4n) is 3.88. The average Bonchev–Trinajstić information content (AvgIpc) is 2.75. The van der Waals surface area contributed by atoms with Gasteiger partial charge in [-0.2, -0.15) is 23.5 Å². The third-order valence-electron chi connectivity index (χ3n) is 5.09. The summed E-state index contributed by atoms with van der Waals surface area (Å²) in [6.45, 7) is 2.27. The van der Waals surface area contributed by atoms with Crippen LogP contribution in [0.15, 0.2) is 54.6 Å². The third-order valence-corrected chi connectivity index (χ3v) is 7.98. The molecule has 0 saturated carbocycles. The van der Waals surface area contributed by atoms with Crippen LogP contribution in [-0.4, -0.2) is 42.2 Å². The van der Waals surface area contributed by atoms with E-state index in [0.29, 0.717) is 18.3 Å². The van der Waals surface area contributed by atoms with Crippen LogP contribution >= 0.6 is 23.5 Å². The van der Waals surface area contributed by atoms with E-state index in [4.69, 9.17) is 9.47 Å². The topological polar surface area (TPSA) is 35.5 Å². The highest BCUT2D eigenvalue weighted by Gasteiger charge is 2.36. The second kappa shape index (κ2) is 10.8. The molecule has 1 fully saturated rings. The Morgan fingerprint density at radius 1 is 1.11 bits per heavy atom. The average molecular weight is 417 g/mol. The lowest BCUT2D eigenvalue weighted by atomic mass is 9.77. The van der Waals surface area contributed by atoms with Gasteiger partial charge in [0.05, 0.1) is 20.1 Å². The van der Waals surface area contributed by atoms with Crippen molar-refractivity contribution in [2.24, 2.45) is 0 Å². The van der Waals surface area contributed by atoms with E-state index in [1.165, 1.54) is 16.9 Å². The summed E-state index contributed by atoms with van der Waals surface area (Å²) >= 11 is 4.02. The molecule has 3 unspecified atom stereocenters. The Morgan fingerprint density at radius 2 is 1.86 bits per heavy atom. The van der Waals surface area contributed by atoms with Gasteiger partial charge in [-0.25, -0.2) is 0 Å². The van der Waals surface area contributed by atoms with Crippen LogP contribution in [0.2, 0.25) is 0 Å². The van der Waals surface area contributed by atoms with E-state index in [1.807, 2.05) is 48.6 Å². The lowest BCUT2D eigenvalue weighted by molar-refractivity contribution is -0.143. The Hall–Kier alpha value is -1.59. The summed E-state index contributed by atoms with van der Waals surface area (Å²) in [5, 5.41) is 0.426. The molecule has 1 aliphatic heterocycles. The van der Waals surface area contributed by atoms with E-state index >= 15 is 0 Å². The molecule has 150 valence electrons. The second-order valence-electron chi connectivity index (χ2n) is 6.78. The number of rotatable bonds is 8. The Balaban J connectivity index is 2.05. The van der Waals surface area contributed by atoms with Gasteiger partial charge in [0, 0.05) is 34.3 Å². The summed E-state index contributed by atoms with van der Waals surface area (Å²) in [6, 6.07) is 18.6. The number of ether oxygens (including phenoxy) is 2. The molecule has 2 aromatic rings. The minimum Gasteiger partial charge on any atom is -0.496 e. The maximum absolute atomic E-state index is 12.5. The van der Waals surface area contributed by atoms with Gasteiger partial charge < -0.3 is 9.47 Å². The molecule has 28 heavy (non-hydrogen) atoms. The number of esters is 1. The SMILES string of the molecule is CCOC(=O)CC(c1ccccc1)C(c1ccccc1OC)C1CSCCS1. The molecule has 3 atom stereocenters. The largest absolute Gasteiger partial charge is 0.496 e. The number of thioether (sulfide) groups is 2. The van der Waals surface area contributed by atoms with Crippen molar-refractivity contribution in [3.05, 3.63) is 65.7 Å². The highest BCUT2D eigenvalue weighted by molar-refractivity contribution is 8.06. The van der Waals surface area contributed by atoms with Gasteiger partial charge in [0.15, 0.2) is 0 Å². The summed E-state index contributed by atoms with van der Waals surface area (Å²) < 4.78 is 11.1. The van der Waals surface area contributed by atoms with Crippen molar-refractivity contribution in [2.75, 3.05) is 31.0 Å². The van der Waals surface area contributed by atoms with Crippen LogP contribution in [0.1, 0.15) is 36.3 Å². The minimum atomic E-state index is -0.135. The predicted octanol–water partition coefficient (Wildman–Crippen LogP) is 5.36. The van der Waals surface area contributed by atoms with Crippen LogP contribution < -0.4 is 4.74 Å². The summed E-state index contributed by atoms with van der Waals surface area (Å²) in [5.41, 5.74) is 2.37. The molecule has 0 N–H and O–H groups in total. The van der Waals surface area contributed by atoms with E-state index in [2.05, 4.69) is 36.4 Å². The quantitative estimate of drug-likeness (QED) is 0.541. The first-order valence-corrected chi connectivity index (χ1v) is 12.0. The Kier molecular flexibility index (Phi) is 8.16. The van der Waals surface area contributed by atoms with E-state index in [9.17, 15) is 4.79 Å². The van der Waals surface area contributed by atoms with Crippen molar-refractivity contribution in [3.8, 4) is 5.75 Å². The van der Waals surface area contributed by atoms with E-state index in [-0.39, 0.29) is 17.8 Å². The van der Waals surface area contributed by atoms with Crippen LogP contribution in [-0.2, 0) is 9.53 Å². The molecular formula is C23H28O3S2. The number of carbonyl (C=O) groups is 1. The van der Waals surface area contributed by atoms with Gasteiger partial charge in [0.25, 0.3) is 0 Å². The van der Waals surface area contributed by atoms with Crippen LogP contribution in [0.4, 0.5) is 0 Å². The summed E-state index contributed by atoms with van der Waals surface area (Å²) in [7, 11) is 1.72. The van der Waals surface area contributed by atoms with Crippen LogP contribution in [0.5, 0.6) is 5.75 Å². The molecule has 0 aromatic heterocycles. The maximum atomic E-state index is 12.5. The zero-order chi connectivity index (χ0) is 19.8. The van der Waals surface area contributed by atoms with Gasteiger partial charge in [0.1, 0.15) is 5.75 Å². The molecule has 0 spiro atoms. The summed E-state index contributed by atoms with van der Waals surface area (Å²) in [5.74, 6) is 4.40. The standard InChI is InChI=1S/C23H28O3S2/c1-3-26-22(24)15-19(17-9-5-4-6-10-17)23(21-16-27-13-14-28-21)18-11-7-8-12-20(18)25-2/h4-12,19,21,23H,3,13-16H2,1-2H3. The Morgan fingerprint density at radius 3 is 2.54 bits per heavy atom.